The van der Waals surface area contributed by atoms with E-state index in [-0.39, 0.29) is 10.8 Å². The van der Waals surface area contributed by atoms with E-state index in [0.29, 0.717) is 0 Å². The van der Waals surface area contributed by atoms with Gasteiger partial charge in [-0.05, 0) is 63.4 Å². The predicted octanol–water partition coefficient (Wildman–Crippen LogP) is 8.96. The number of pyridine rings is 1. The standard InChI is InChI=1S/C34H36NO/c1-19-13-14-23-24(17-19)20(2)28-31-29-22(15-16-35(31)9)21-11-10-12-26(33(3,4)5)25(21)18-27(29)36-32(28)30(23)34(6,7)8/h10-18H,1-9H3/q+1. The van der Waals surface area contributed by atoms with Crippen molar-refractivity contribution in [2.45, 2.75) is 66.2 Å². The average Bonchev–Trinajstić information content (AvgIpc) is 2.79. The van der Waals surface area contributed by atoms with E-state index in [1.165, 1.54) is 65.8 Å². The summed E-state index contributed by atoms with van der Waals surface area (Å²) in [5.74, 6) is 1.98. The zero-order valence-electron chi connectivity index (χ0n) is 23.1. The number of nitrogens with zero attached hydrogens (tertiary/aromatic N) is 1. The van der Waals surface area contributed by atoms with Crippen LogP contribution in [0.1, 0.15) is 63.8 Å². The van der Waals surface area contributed by atoms with Crippen molar-refractivity contribution < 1.29 is 9.30 Å². The van der Waals surface area contributed by atoms with Gasteiger partial charge in [-0.3, -0.25) is 0 Å². The van der Waals surface area contributed by atoms with Crippen LogP contribution in [-0.4, -0.2) is 0 Å². The summed E-state index contributed by atoms with van der Waals surface area (Å²) < 4.78 is 9.33. The normalized spacial score (nSPS) is 13.4. The lowest BCUT2D eigenvalue weighted by atomic mass is 9.78. The number of hydrogen-bond donors (Lipinski definition) is 0. The van der Waals surface area contributed by atoms with Crippen molar-refractivity contribution in [3.05, 3.63) is 77.0 Å². The van der Waals surface area contributed by atoms with Gasteiger partial charge in [-0.25, -0.2) is 4.57 Å². The molecule has 36 heavy (non-hydrogen) atoms. The molecule has 0 N–H and O–H groups in total. The van der Waals surface area contributed by atoms with Crippen LogP contribution < -0.4 is 9.30 Å². The zero-order chi connectivity index (χ0) is 25.7. The summed E-state index contributed by atoms with van der Waals surface area (Å²) in [4.78, 5) is 0. The van der Waals surface area contributed by atoms with Crippen molar-refractivity contribution in [2.24, 2.45) is 7.05 Å². The molecule has 0 radical (unpaired) electrons. The molecule has 0 unspecified atom stereocenters. The minimum atomic E-state index is -0.0807. The van der Waals surface area contributed by atoms with E-state index in [1.54, 1.807) is 0 Å². The number of ether oxygens (including phenoxy) is 1. The Morgan fingerprint density at radius 2 is 1.47 bits per heavy atom. The van der Waals surface area contributed by atoms with Gasteiger partial charge in [0.25, 0.3) is 0 Å². The molecule has 0 saturated heterocycles. The van der Waals surface area contributed by atoms with Crippen LogP contribution in [0, 0.1) is 13.8 Å². The minimum Gasteiger partial charge on any atom is -0.455 e. The lowest BCUT2D eigenvalue weighted by Crippen LogP contribution is -2.32. The third-order valence-electron chi connectivity index (χ3n) is 7.93. The Hall–Kier alpha value is -3.39. The van der Waals surface area contributed by atoms with Crippen molar-refractivity contribution in [1.29, 1.82) is 0 Å². The van der Waals surface area contributed by atoms with Gasteiger partial charge in [0.1, 0.15) is 18.5 Å². The van der Waals surface area contributed by atoms with E-state index in [0.717, 1.165) is 11.5 Å². The van der Waals surface area contributed by atoms with Gasteiger partial charge in [0.05, 0.1) is 10.9 Å². The first kappa shape index (κ1) is 23.0. The monoisotopic (exact) mass is 474 g/mol. The predicted molar refractivity (Wildman–Crippen MR) is 153 cm³/mol. The Morgan fingerprint density at radius 1 is 0.722 bits per heavy atom. The minimum absolute atomic E-state index is 0.0377. The molecule has 0 aliphatic carbocycles. The van der Waals surface area contributed by atoms with Gasteiger partial charge in [-0.15, -0.1) is 0 Å². The highest BCUT2D eigenvalue weighted by atomic mass is 16.5. The van der Waals surface area contributed by atoms with E-state index in [4.69, 9.17) is 4.74 Å². The maximum atomic E-state index is 7.04. The molecule has 1 aliphatic heterocycles. The van der Waals surface area contributed by atoms with E-state index in [2.05, 4.69) is 122 Å². The van der Waals surface area contributed by atoms with Crippen LogP contribution >= 0.6 is 0 Å². The SMILES string of the molecule is Cc1ccc2c(C(C)(C)C)c3c(c(C)c2c1)-c1c2c(cc4c(C(C)(C)C)cccc4c2cc[n+]1C)O3. The maximum Gasteiger partial charge on any atom is 0.228 e. The Bertz CT molecular complexity index is 1740. The zero-order valence-corrected chi connectivity index (χ0v) is 23.1. The summed E-state index contributed by atoms with van der Waals surface area (Å²) in [6.07, 6.45) is 2.22. The van der Waals surface area contributed by atoms with Crippen molar-refractivity contribution in [3.8, 4) is 22.8 Å². The third kappa shape index (κ3) is 3.13. The summed E-state index contributed by atoms with van der Waals surface area (Å²) in [6.45, 7) is 18.2. The number of benzene rings is 4. The Labute approximate surface area is 214 Å². The molecule has 0 bridgehead atoms. The molecule has 1 aromatic heterocycles. The van der Waals surface area contributed by atoms with Gasteiger partial charge in [-0.2, -0.15) is 0 Å². The van der Waals surface area contributed by atoms with E-state index < -0.39 is 0 Å². The molecule has 1 aliphatic rings. The second-order valence-electron chi connectivity index (χ2n) is 12.7. The summed E-state index contributed by atoms with van der Waals surface area (Å²) >= 11 is 0. The average molecular weight is 475 g/mol. The maximum absolute atomic E-state index is 7.04. The number of rotatable bonds is 0. The van der Waals surface area contributed by atoms with E-state index in [1.807, 2.05) is 0 Å². The number of hydrogen-bond acceptors (Lipinski definition) is 1. The molecule has 2 heterocycles. The fourth-order valence-electron chi connectivity index (χ4n) is 6.30. The summed E-state index contributed by atoms with van der Waals surface area (Å²) in [5, 5.41) is 7.65. The molecular weight excluding hydrogens is 438 g/mol. The van der Waals surface area contributed by atoms with Gasteiger partial charge >= 0.3 is 0 Å². The van der Waals surface area contributed by atoms with Gasteiger partial charge in [0.2, 0.25) is 5.69 Å². The highest BCUT2D eigenvalue weighted by molar-refractivity contribution is 6.17. The molecular formula is C34H36NO+. The first-order valence-electron chi connectivity index (χ1n) is 13.0. The molecule has 0 spiro atoms. The molecule has 0 saturated carbocycles. The Morgan fingerprint density at radius 3 is 2.17 bits per heavy atom. The second kappa shape index (κ2) is 7.32. The molecule has 0 atom stereocenters. The van der Waals surface area contributed by atoms with Crippen LogP contribution in [0.4, 0.5) is 0 Å². The second-order valence-corrected chi connectivity index (χ2v) is 12.7. The molecule has 2 nitrogen and oxygen atoms in total. The van der Waals surface area contributed by atoms with Crippen molar-refractivity contribution in [2.75, 3.05) is 0 Å². The van der Waals surface area contributed by atoms with Crippen LogP contribution in [0.15, 0.2) is 54.7 Å². The Kier molecular flexibility index (Phi) is 4.68. The number of aromatic nitrogens is 1. The summed E-state index contributed by atoms with van der Waals surface area (Å²) in [6, 6.07) is 18.1. The Balaban J connectivity index is 1.85. The molecule has 2 heteroatoms. The van der Waals surface area contributed by atoms with Crippen LogP contribution in [0.2, 0.25) is 0 Å². The fraction of sp³-hybridized carbons (Fsp3) is 0.324. The van der Waals surface area contributed by atoms with Gasteiger partial charge in [0, 0.05) is 17.0 Å². The lowest BCUT2D eigenvalue weighted by Gasteiger charge is -2.31. The highest BCUT2D eigenvalue weighted by Gasteiger charge is 2.36. The topological polar surface area (TPSA) is 13.1 Å². The molecule has 0 amide bonds. The molecule has 0 fully saturated rings. The largest absolute Gasteiger partial charge is 0.455 e. The van der Waals surface area contributed by atoms with Gasteiger partial charge < -0.3 is 4.74 Å². The summed E-state index contributed by atoms with van der Waals surface area (Å²) in [5.41, 5.74) is 7.63. The van der Waals surface area contributed by atoms with Crippen molar-refractivity contribution >= 4 is 32.3 Å². The number of fused-ring (bicyclic) bond motifs is 5. The van der Waals surface area contributed by atoms with Crippen LogP contribution in [0.5, 0.6) is 11.5 Å². The van der Waals surface area contributed by atoms with Crippen LogP contribution in [0.3, 0.4) is 0 Å². The highest BCUT2D eigenvalue weighted by Crippen LogP contribution is 2.54. The lowest BCUT2D eigenvalue weighted by molar-refractivity contribution is -0.659. The molecule has 6 rings (SSSR count). The molecule has 5 aromatic rings. The first-order chi connectivity index (χ1) is 16.9. The first-order valence-corrected chi connectivity index (χ1v) is 13.0. The van der Waals surface area contributed by atoms with Crippen molar-refractivity contribution in [3.63, 3.8) is 0 Å². The van der Waals surface area contributed by atoms with E-state index >= 15 is 0 Å². The van der Waals surface area contributed by atoms with Gasteiger partial charge in [-0.1, -0.05) is 83.5 Å². The number of aryl methyl sites for hydroxylation is 3. The van der Waals surface area contributed by atoms with Crippen LogP contribution in [-0.2, 0) is 17.9 Å². The quantitative estimate of drug-likeness (QED) is 0.158. The molecule has 4 aromatic carbocycles. The smallest absolute Gasteiger partial charge is 0.228 e. The summed E-state index contributed by atoms with van der Waals surface area (Å²) in [7, 11) is 2.17. The fourth-order valence-corrected chi connectivity index (χ4v) is 6.30. The van der Waals surface area contributed by atoms with Gasteiger partial charge in [0.15, 0.2) is 6.20 Å². The van der Waals surface area contributed by atoms with E-state index in [9.17, 15) is 0 Å². The third-order valence-corrected chi connectivity index (χ3v) is 7.93. The molecule has 182 valence electrons. The van der Waals surface area contributed by atoms with Crippen molar-refractivity contribution in [1.82, 2.24) is 0 Å². The van der Waals surface area contributed by atoms with Crippen LogP contribution in [0.25, 0.3) is 43.6 Å².